The molecule has 3 aromatic rings. The number of carbonyl (C=O) groups is 2. The number of ether oxygens (including phenoxy) is 1. The number of hydrazine groups is 1. The maximum absolute atomic E-state index is 12.5. The Balaban J connectivity index is 1.38. The first-order valence-electron chi connectivity index (χ1n) is 9.48. The number of anilines is 1. The van der Waals surface area contributed by atoms with Gasteiger partial charge in [-0.15, -0.1) is 0 Å². The molecule has 1 fully saturated rings. The summed E-state index contributed by atoms with van der Waals surface area (Å²) < 4.78 is 5.35. The number of carbonyl (C=O) groups excluding carboxylic acids is 2. The van der Waals surface area contributed by atoms with E-state index in [4.69, 9.17) is 4.74 Å². The number of aromatic nitrogens is 1. The van der Waals surface area contributed by atoms with Gasteiger partial charge in [-0.1, -0.05) is 53.8 Å². The molecule has 4 rings (SSSR count). The first kappa shape index (κ1) is 19.4. The van der Waals surface area contributed by atoms with E-state index in [2.05, 4.69) is 20.7 Å². The lowest BCUT2D eigenvalue weighted by Gasteiger charge is -2.25. The van der Waals surface area contributed by atoms with Gasteiger partial charge in [-0.2, -0.15) is 0 Å². The number of thiazole rings is 1. The maximum atomic E-state index is 12.5. The minimum Gasteiger partial charge on any atom is -0.378 e. The van der Waals surface area contributed by atoms with Crippen molar-refractivity contribution in [1.82, 2.24) is 15.8 Å². The minimum atomic E-state index is -0.356. The average molecular weight is 410 g/mol. The first-order chi connectivity index (χ1) is 14.1. The molecule has 0 atom stereocenters. The first-order valence-corrected chi connectivity index (χ1v) is 10.3. The molecule has 29 heavy (non-hydrogen) atoms. The predicted octanol–water partition coefficient (Wildman–Crippen LogP) is 2.45. The number of amides is 2. The number of hydrogen-bond donors (Lipinski definition) is 2. The molecule has 2 N–H and O–H groups in total. The summed E-state index contributed by atoms with van der Waals surface area (Å²) >= 11 is 1.33. The van der Waals surface area contributed by atoms with Gasteiger partial charge in [0.1, 0.15) is 4.88 Å². The largest absolute Gasteiger partial charge is 0.378 e. The summed E-state index contributed by atoms with van der Waals surface area (Å²) in [5, 5.41) is 2.92. The summed E-state index contributed by atoms with van der Waals surface area (Å²) in [4.78, 5) is 32.0. The second-order valence-corrected chi connectivity index (χ2v) is 7.81. The monoisotopic (exact) mass is 410 g/mol. The highest BCUT2D eigenvalue weighted by Crippen LogP contribution is 2.26. The zero-order valence-corrected chi connectivity index (χ0v) is 16.9. The highest BCUT2D eigenvalue weighted by molar-refractivity contribution is 7.17. The molecule has 1 aromatic heterocycles. The fourth-order valence-electron chi connectivity index (χ4n) is 3.33. The number of aryl methyl sites for hydroxylation is 1. The molecule has 0 unspecified atom stereocenters. The van der Waals surface area contributed by atoms with E-state index in [1.165, 1.54) is 11.3 Å². The number of fused-ring (bicyclic) bond motifs is 1. The van der Waals surface area contributed by atoms with Crippen molar-refractivity contribution in [1.29, 1.82) is 0 Å². The molecule has 1 aliphatic rings. The van der Waals surface area contributed by atoms with Gasteiger partial charge >= 0.3 is 0 Å². The van der Waals surface area contributed by atoms with Crippen LogP contribution >= 0.6 is 11.3 Å². The van der Waals surface area contributed by atoms with Crippen LogP contribution in [0.5, 0.6) is 0 Å². The summed E-state index contributed by atoms with van der Waals surface area (Å²) in [6.07, 6.45) is 0.183. The molecule has 2 aromatic carbocycles. The summed E-state index contributed by atoms with van der Waals surface area (Å²) in [5.41, 5.74) is 6.60. The van der Waals surface area contributed by atoms with Crippen molar-refractivity contribution in [2.75, 3.05) is 31.2 Å². The lowest BCUT2D eigenvalue weighted by Crippen LogP contribution is -2.42. The predicted molar refractivity (Wildman–Crippen MR) is 113 cm³/mol. The molecule has 0 bridgehead atoms. The SMILES string of the molecule is Cc1nc(N2CCOCC2)sc1C(=O)NNC(=O)Cc1cccc2ccccc12. The maximum Gasteiger partial charge on any atom is 0.281 e. The molecule has 1 aliphatic heterocycles. The third-order valence-electron chi connectivity index (χ3n) is 4.82. The molecule has 150 valence electrons. The van der Waals surface area contributed by atoms with E-state index in [0.717, 1.165) is 34.6 Å². The molecule has 0 aliphatic carbocycles. The van der Waals surface area contributed by atoms with Gasteiger partial charge in [-0.05, 0) is 23.3 Å². The standard InChI is InChI=1S/C21H22N4O3S/c1-14-19(29-21(22-14)25-9-11-28-12-10-25)20(27)24-23-18(26)13-16-7-4-6-15-5-2-3-8-17(15)16/h2-8H,9-13H2,1H3,(H,23,26)(H,24,27). The minimum absolute atomic E-state index is 0.183. The van der Waals surface area contributed by atoms with Crippen LogP contribution < -0.4 is 15.8 Å². The molecular weight excluding hydrogens is 388 g/mol. The zero-order valence-electron chi connectivity index (χ0n) is 16.1. The molecule has 7 nitrogen and oxygen atoms in total. The van der Waals surface area contributed by atoms with E-state index < -0.39 is 0 Å². The van der Waals surface area contributed by atoms with Crippen LogP contribution in [0.3, 0.4) is 0 Å². The fraction of sp³-hybridized carbons (Fsp3) is 0.286. The second-order valence-electron chi connectivity index (χ2n) is 6.83. The van der Waals surface area contributed by atoms with Gasteiger partial charge < -0.3 is 9.64 Å². The molecule has 0 radical (unpaired) electrons. The van der Waals surface area contributed by atoms with Crippen LogP contribution in [0.15, 0.2) is 42.5 Å². The lowest BCUT2D eigenvalue weighted by atomic mass is 10.0. The quantitative estimate of drug-likeness (QED) is 0.646. The number of nitrogens with one attached hydrogen (secondary N) is 2. The van der Waals surface area contributed by atoms with Crippen molar-refractivity contribution >= 4 is 39.1 Å². The molecular formula is C21H22N4O3S. The van der Waals surface area contributed by atoms with Gasteiger partial charge in [0.15, 0.2) is 5.13 Å². The van der Waals surface area contributed by atoms with Gasteiger partial charge in [0.2, 0.25) is 5.91 Å². The van der Waals surface area contributed by atoms with E-state index in [9.17, 15) is 9.59 Å². The second kappa shape index (κ2) is 8.59. The van der Waals surface area contributed by atoms with E-state index >= 15 is 0 Å². The van der Waals surface area contributed by atoms with Crippen molar-refractivity contribution in [2.24, 2.45) is 0 Å². The Morgan fingerprint density at radius 2 is 1.86 bits per heavy atom. The molecule has 2 amide bonds. The zero-order chi connectivity index (χ0) is 20.2. The lowest BCUT2D eigenvalue weighted by molar-refractivity contribution is -0.121. The molecule has 0 saturated carbocycles. The van der Waals surface area contributed by atoms with E-state index in [0.29, 0.717) is 23.8 Å². The number of benzene rings is 2. The van der Waals surface area contributed by atoms with Crippen molar-refractivity contribution in [3.8, 4) is 0 Å². The van der Waals surface area contributed by atoms with E-state index in [1.54, 1.807) is 6.92 Å². The van der Waals surface area contributed by atoms with Gasteiger partial charge in [0, 0.05) is 13.1 Å². The Hall–Kier alpha value is -2.97. The third-order valence-corrected chi connectivity index (χ3v) is 6.04. The number of rotatable bonds is 4. The van der Waals surface area contributed by atoms with Crippen LogP contribution in [-0.2, 0) is 16.0 Å². The van der Waals surface area contributed by atoms with Crippen LogP contribution in [0.2, 0.25) is 0 Å². The van der Waals surface area contributed by atoms with Crippen LogP contribution in [0.4, 0.5) is 5.13 Å². The van der Waals surface area contributed by atoms with Crippen molar-refractivity contribution in [3.63, 3.8) is 0 Å². The average Bonchev–Trinajstić information content (AvgIpc) is 3.15. The normalized spacial score (nSPS) is 14.0. The van der Waals surface area contributed by atoms with Gasteiger partial charge in [-0.25, -0.2) is 4.98 Å². The Bertz CT molecular complexity index is 1040. The third kappa shape index (κ3) is 4.38. The molecule has 8 heteroatoms. The van der Waals surface area contributed by atoms with Crippen LogP contribution in [-0.4, -0.2) is 43.1 Å². The van der Waals surface area contributed by atoms with Gasteiger partial charge in [0.25, 0.3) is 5.91 Å². The Morgan fingerprint density at radius 3 is 2.69 bits per heavy atom. The number of hydrogen-bond acceptors (Lipinski definition) is 6. The summed E-state index contributed by atoms with van der Waals surface area (Å²) in [7, 11) is 0. The summed E-state index contributed by atoms with van der Waals surface area (Å²) in [6.45, 7) is 4.63. The highest BCUT2D eigenvalue weighted by atomic mass is 32.1. The molecule has 2 heterocycles. The number of morpholine rings is 1. The van der Waals surface area contributed by atoms with Crippen molar-refractivity contribution in [3.05, 3.63) is 58.6 Å². The highest BCUT2D eigenvalue weighted by Gasteiger charge is 2.20. The van der Waals surface area contributed by atoms with Crippen LogP contribution in [0.25, 0.3) is 10.8 Å². The van der Waals surface area contributed by atoms with E-state index in [-0.39, 0.29) is 18.2 Å². The summed E-state index contributed by atoms with van der Waals surface area (Å²) in [6, 6.07) is 13.8. The van der Waals surface area contributed by atoms with E-state index in [1.807, 2.05) is 42.5 Å². The van der Waals surface area contributed by atoms with Gasteiger partial charge in [0.05, 0.1) is 25.3 Å². The van der Waals surface area contributed by atoms with Crippen molar-refractivity contribution < 1.29 is 14.3 Å². The Labute approximate surface area is 172 Å². The fourth-order valence-corrected chi connectivity index (χ4v) is 4.34. The summed E-state index contributed by atoms with van der Waals surface area (Å²) in [5.74, 6) is -0.629. The van der Waals surface area contributed by atoms with Crippen LogP contribution in [0, 0.1) is 6.92 Å². The number of nitrogens with zero attached hydrogens (tertiary/aromatic N) is 2. The van der Waals surface area contributed by atoms with Crippen molar-refractivity contribution in [2.45, 2.75) is 13.3 Å². The Kier molecular flexibility index (Phi) is 5.73. The topological polar surface area (TPSA) is 83.6 Å². The Morgan fingerprint density at radius 1 is 1.10 bits per heavy atom. The van der Waals surface area contributed by atoms with Gasteiger partial charge in [-0.3, -0.25) is 20.4 Å². The van der Waals surface area contributed by atoms with Crippen LogP contribution in [0.1, 0.15) is 20.9 Å². The molecule has 0 spiro atoms. The smallest absolute Gasteiger partial charge is 0.281 e. The molecule has 1 saturated heterocycles.